The Balaban J connectivity index is 2.31. The molecule has 0 bridgehead atoms. The van der Waals surface area contributed by atoms with E-state index >= 15 is 0 Å². The minimum absolute atomic E-state index is 0.107. The van der Waals surface area contributed by atoms with E-state index in [2.05, 4.69) is 0 Å². The van der Waals surface area contributed by atoms with Crippen LogP contribution in [0.4, 0.5) is 0 Å². The predicted molar refractivity (Wildman–Crippen MR) is 79.2 cm³/mol. The van der Waals surface area contributed by atoms with Crippen molar-refractivity contribution in [1.82, 2.24) is 0 Å². The smallest absolute Gasteiger partial charge is 0.347 e. The number of para-hydroxylation sites is 2. The highest BCUT2D eigenvalue weighted by Crippen LogP contribution is 2.23. The summed E-state index contributed by atoms with van der Waals surface area (Å²) >= 11 is 0. The van der Waals surface area contributed by atoms with Crippen LogP contribution in [0, 0.1) is 0 Å². The molecule has 0 radical (unpaired) electrons. The Morgan fingerprint density at radius 1 is 0.727 bits per heavy atom. The maximum atomic E-state index is 12.3. The van der Waals surface area contributed by atoms with Gasteiger partial charge in [-0.05, 0) is 31.2 Å². The van der Waals surface area contributed by atoms with Crippen molar-refractivity contribution in [2.45, 2.75) is 13.8 Å². The molecule has 2 aromatic rings. The van der Waals surface area contributed by atoms with Gasteiger partial charge in [0.2, 0.25) is 0 Å². The highest BCUT2D eigenvalue weighted by atomic mass is 16.5. The van der Waals surface area contributed by atoms with Gasteiger partial charge in [-0.2, -0.15) is 0 Å². The van der Waals surface area contributed by atoms with Gasteiger partial charge in [0, 0.05) is 6.92 Å². The Labute approximate surface area is 127 Å². The third-order valence-corrected chi connectivity index (χ3v) is 2.83. The highest BCUT2D eigenvalue weighted by molar-refractivity contribution is 5.99. The van der Waals surface area contributed by atoms with Crippen LogP contribution in [0.2, 0.25) is 0 Å². The Kier molecular flexibility index (Phi) is 4.68. The first-order chi connectivity index (χ1) is 10.5. The van der Waals surface area contributed by atoms with E-state index in [9.17, 15) is 14.4 Å². The number of ketones is 1. The van der Waals surface area contributed by atoms with Crippen molar-refractivity contribution in [3.8, 4) is 11.5 Å². The van der Waals surface area contributed by atoms with Crippen LogP contribution in [-0.2, 0) is 4.79 Å². The largest absolute Gasteiger partial charge is 0.426 e. The van der Waals surface area contributed by atoms with Crippen LogP contribution < -0.4 is 9.47 Å². The fourth-order valence-corrected chi connectivity index (χ4v) is 1.88. The maximum Gasteiger partial charge on any atom is 0.347 e. The van der Waals surface area contributed by atoms with Crippen LogP contribution >= 0.6 is 0 Å². The van der Waals surface area contributed by atoms with Gasteiger partial charge in [0.05, 0.1) is 5.56 Å². The third kappa shape index (κ3) is 3.58. The van der Waals surface area contributed by atoms with E-state index in [1.807, 2.05) is 0 Å². The van der Waals surface area contributed by atoms with Gasteiger partial charge >= 0.3 is 11.9 Å². The first-order valence-electron chi connectivity index (χ1n) is 6.58. The number of hydrogen-bond donors (Lipinski definition) is 0. The van der Waals surface area contributed by atoms with Gasteiger partial charge in [0.15, 0.2) is 5.78 Å². The maximum absolute atomic E-state index is 12.3. The molecule has 5 heteroatoms. The van der Waals surface area contributed by atoms with Crippen molar-refractivity contribution >= 4 is 17.7 Å². The summed E-state index contributed by atoms with van der Waals surface area (Å²) in [6.45, 7) is 2.63. The average Bonchev–Trinajstić information content (AvgIpc) is 2.47. The van der Waals surface area contributed by atoms with Crippen molar-refractivity contribution < 1.29 is 23.9 Å². The van der Waals surface area contributed by atoms with E-state index in [4.69, 9.17) is 9.47 Å². The quantitative estimate of drug-likeness (QED) is 0.493. The summed E-state index contributed by atoms with van der Waals surface area (Å²) in [5.74, 6) is -1.18. The summed E-state index contributed by atoms with van der Waals surface area (Å²) in [5, 5.41) is 0. The zero-order valence-electron chi connectivity index (χ0n) is 12.2. The van der Waals surface area contributed by atoms with Crippen LogP contribution in [-0.4, -0.2) is 17.7 Å². The van der Waals surface area contributed by atoms with E-state index in [1.54, 1.807) is 30.3 Å². The molecule has 112 valence electrons. The van der Waals surface area contributed by atoms with Gasteiger partial charge in [0.25, 0.3) is 0 Å². The van der Waals surface area contributed by atoms with Gasteiger partial charge < -0.3 is 9.47 Å². The van der Waals surface area contributed by atoms with Crippen LogP contribution in [0.3, 0.4) is 0 Å². The monoisotopic (exact) mass is 298 g/mol. The van der Waals surface area contributed by atoms with E-state index < -0.39 is 11.9 Å². The first kappa shape index (κ1) is 15.4. The van der Waals surface area contributed by atoms with Crippen LogP contribution in [0.1, 0.15) is 34.6 Å². The lowest BCUT2D eigenvalue weighted by molar-refractivity contribution is -0.131. The number of benzene rings is 2. The second kappa shape index (κ2) is 6.67. The fourth-order valence-electron chi connectivity index (χ4n) is 1.88. The summed E-state index contributed by atoms with van der Waals surface area (Å²) in [6.07, 6.45) is 0. The molecule has 0 unspecified atom stereocenters. The molecule has 0 aliphatic carbocycles. The van der Waals surface area contributed by atoms with Crippen molar-refractivity contribution in [2.75, 3.05) is 0 Å². The molecule has 0 amide bonds. The molecule has 0 aliphatic rings. The number of esters is 2. The number of carbonyl (C=O) groups is 3. The second-order valence-electron chi connectivity index (χ2n) is 4.53. The molecule has 5 nitrogen and oxygen atoms in total. The van der Waals surface area contributed by atoms with Gasteiger partial charge in [0.1, 0.15) is 17.1 Å². The normalized spacial score (nSPS) is 9.91. The lowest BCUT2D eigenvalue weighted by Gasteiger charge is -2.10. The highest BCUT2D eigenvalue weighted by Gasteiger charge is 2.18. The minimum Gasteiger partial charge on any atom is -0.426 e. The molecule has 22 heavy (non-hydrogen) atoms. The molecule has 0 saturated heterocycles. The van der Waals surface area contributed by atoms with Crippen molar-refractivity contribution in [3.05, 3.63) is 59.7 Å². The van der Waals surface area contributed by atoms with Crippen LogP contribution in [0.25, 0.3) is 0 Å². The molecule has 0 spiro atoms. The van der Waals surface area contributed by atoms with Gasteiger partial charge in [-0.25, -0.2) is 4.79 Å². The SMILES string of the molecule is CC(=O)Oc1ccccc1C(=O)Oc1ccccc1C(C)=O. The Morgan fingerprint density at radius 3 is 1.77 bits per heavy atom. The molecular formula is C17H14O5. The zero-order chi connectivity index (χ0) is 16.1. The zero-order valence-corrected chi connectivity index (χ0v) is 12.2. The van der Waals surface area contributed by atoms with Gasteiger partial charge in [-0.3, -0.25) is 9.59 Å². The van der Waals surface area contributed by atoms with Crippen LogP contribution in [0.15, 0.2) is 48.5 Å². The van der Waals surface area contributed by atoms with E-state index in [-0.39, 0.29) is 22.8 Å². The van der Waals surface area contributed by atoms with Crippen molar-refractivity contribution in [1.29, 1.82) is 0 Å². The summed E-state index contributed by atoms with van der Waals surface area (Å²) in [4.78, 5) is 34.9. The lowest BCUT2D eigenvalue weighted by atomic mass is 10.1. The second-order valence-corrected chi connectivity index (χ2v) is 4.53. The lowest BCUT2D eigenvalue weighted by Crippen LogP contribution is -2.13. The van der Waals surface area contributed by atoms with E-state index in [0.29, 0.717) is 5.56 Å². The fraction of sp³-hybridized carbons (Fsp3) is 0.118. The minimum atomic E-state index is -0.703. The Morgan fingerprint density at radius 2 is 1.23 bits per heavy atom. The van der Waals surface area contributed by atoms with Crippen LogP contribution in [0.5, 0.6) is 11.5 Å². The molecule has 0 aromatic heterocycles. The molecule has 0 fully saturated rings. The first-order valence-corrected chi connectivity index (χ1v) is 6.58. The summed E-state index contributed by atoms with van der Waals surface area (Å²) in [5.41, 5.74) is 0.414. The molecule has 0 heterocycles. The molecule has 2 rings (SSSR count). The number of carbonyl (C=O) groups excluding carboxylic acids is 3. The molecule has 2 aromatic carbocycles. The number of hydrogen-bond acceptors (Lipinski definition) is 5. The summed E-state index contributed by atoms with van der Waals surface area (Å²) < 4.78 is 10.2. The van der Waals surface area contributed by atoms with Crippen molar-refractivity contribution in [3.63, 3.8) is 0 Å². The van der Waals surface area contributed by atoms with Gasteiger partial charge in [-0.1, -0.05) is 24.3 Å². The molecule has 0 N–H and O–H groups in total. The molecule has 0 saturated carbocycles. The number of rotatable bonds is 4. The molecular weight excluding hydrogens is 284 g/mol. The van der Waals surface area contributed by atoms with E-state index in [0.717, 1.165) is 0 Å². The Bertz CT molecular complexity index is 733. The van der Waals surface area contributed by atoms with E-state index in [1.165, 1.54) is 32.0 Å². The Hall–Kier alpha value is -2.95. The molecule has 0 aliphatic heterocycles. The van der Waals surface area contributed by atoms with Crippen molar-refractivity contribution in [2.24, 2.45) is 0 Å². The third-order valence-electron chi connectivity index (χ3n) is 2.83. The topological polar surface area (TPSA) is 69.7 Å². The summed E-state index contributed by atoms with van der Waals surface area (Å²) in [7, 11) is 0. The predicted octanol–water partition coefficient (Wildman–Crippen LogP) is 3.03. The van der Waals surface area contributed by atoms with Gasteiger partial charge in [-0.15, -0.1) is 0 Å². The number of ether oxygens (including phenoxy) is 2. The average molecular weight is 298 g/mol. The standard InChI is InChI=1S/C17H14O5/c1-11(18)13-7-3-5-9-15(13)22-17(20)14-8-4-6-10-16(14)21-12(2)19/h3-10H,1-2H3. The summed E-state index contributed by atoms with van der Waals surface area (Å²) in [6, 6.07) is 12.7. The number of Topliss-reactive ketones (excluding diaryl/α,β-unsaturated/α-hetero) is 1. The molecule has 0 atom stereocenters.